The van der Waals surface area contributed by atoms with Crippen LogP contribution in [0.5, 0.6) is 0 Å². The van der Waals surface area contributed by atoms with Gasteiger partial charge in [-0.3, -0.25) is 4.79 Å². The van der Waals surface area contributed by atoms with Crippen LogP contribution in [0, 0.1) is 18.3 Å². The second-order valence-corrected chi connectivity index (χ2v) is 16.1. The number of nitrogens with zero attached hydrogens (tertiary/aromatic N) is 3. The van der Waals surface area contributed by atoms with Gasteiger partial charge in [0.25, 0.3) is 0 Å². The maximum absolute atomic E-state index is 13.2. The van der Waals surface area contributed by atoms with E-state index in [9.17, 15) is 9.35 Å². The molecular weight excluding hydrogens is 565 g/mol. The molecule has 2 aromatic rings. The van der Waals surface area contributed by atoms with Gasteiger partial charge in [-0.1, -0.05) is 57.4 Å². The minimum absolute atomic E-state index is 0.0428. The van der Waals surface area contributed by atoms with Gasteiger partial charge in [-0.2, -0.15) is 0 Å². The topological polar surface area (TPSA) is 90.4 Å². The van der Waals surface area contributed by atoms with E-state index < -0.39 is 11.4 Å². The van der Waals surface area contributed by atoms with Gasteiger partial charge in [0.2, 0.25) is 0 Å². The number of fused-ring (bicyclic) bond motifs is 1. The summed E-state index contributed by atoms with van der Waals surface area (Å²) in [7, 11) is 0. The Morgan fingerprint density at radius 1 is 1.26 bits per heavy atom. The van der Waals surface area contributed by atoms with Gasteiger partial charge in [-0.05, 0) is 70.4 Å². The minimum atomic E-state index is -1.14. The average molecular weight is 615 g/mol. The zero-order chi connectivity index (χ0) is 30.3. The Hall–Kier alpha value is -1.81. The van der Waals surface area contributed by atoms with E-state index in [4.69, 9.17) is 14.7 Å². The van der Waals surface area contributed by atoms with Gasteiger partial charge in [-0.25, -0.2) is 9.97 Å². The van der Waals surface area contributed by atoms with E-state index in [1.54, 1.807) is 11.8 Å². The predicted molar refractivity (Wildman–Crippen MR) is 174 cm³/mol. The highest BCUT2D eigenvalue weighted by molar-refractivity contribution is 7.99. The molecule has 2 aliphatic rings. The normalized spacial score (nSPS) is 19.5. The molecule has 1 unspecified atom stereocenters. The van der Waals surface area contributed by atoms with Crippen LogP contribution in [0.4, 0.5) is 5.82 Å². The average Bonchev–Trinajstić information content (AvgIpc) is 3.26. The first-order chi connectivity index (χ1) is 20.1. The molecule has 0 saturated carbocycles. The molecule has 0 radical (unpaired) electrons. The number of unbranched alkanes of at least 4 members (excludes halogenated alkanes) is 1. The lowest BCUT2D eigenvalue weighted by Gasteiger charge is -2.44. The van der Waals surface area contributed by atoms with Gasteiger partial charge in [0.15, 0.2) is 0 Å². The third kappa shape index (κ3) is 8.21. The molecule has 1 aliphatic heterocycles. The van der Waals surface area contributed by atoms with Crippen molar-refractivity contribution in [3.63, 3.8) is 0 Å². The zero-order valence-electron chi connectivity index (χ0n) is 26.4. The Balaban J connectivity index is 1.31. The number of rotatable bonds is 13. The van der Waals surface area contributed by atoms with Gasteiger partial charge < -0.3 is 14.2 Å². The number of ether oxygens (including phenoxy) is 1. The summed E-state index contributed by atoms with van der Waals surface area (Å²) >= 11 is 0.429. The molecule has 232 valence electrons. The Kier molecular flexibility index (Phi) is 11.6. The molecule has 7 nitrogen and oxygen atoms in total. The molecule has 1 aromatic carbocycles. The number of aromatic nitrogens is 2. The Morgan fingerprint density at radius 2 is 2.00 bits per heavy atom. The summed E-state index contributed by atoms with van der Waals surface area (Å²) in [4.78, 5) is 24.3. The van der Waals surface area contributed by atoms with Gasteiger partial charge in [0, 0.05) is 35.6 Å². The Morgan fingerprint density at radius 3 is 2.67 bits per heavy atom. The molecule has 1 aromatic heterocycles. The number of carbonyl (C=O) groups excluding carboxylic acids is 1. The van der Waals surface area contributed by atoms with E-state index in [1.165, 1.54) is 24.0 Å². The number of anilines is 1. The molecule has 2 heterocycles. The van der Waals surface area contributed by atoms with Crippen LogP contribution in [0.3, 0.4) is 0 Å². The highest BCUT2D eigenvalue weighted by Crippen LogP contribution is 2.52. The van der Waals surface area contributed by atoms with Crippen molar-refractivity contribution in [3.05, 3.63) is 47.3 Å². The second-order valence-electron chi connectivity index (χ2n) is 13.0. The van der Waals surface area contributed by atoms with Crippen molar-refractivity contribution in [1.82, 2.24) is 14.7 Å². The Bertz CT molecular complexity index is 1180. The molecule has 4 rings (SSSR count). The van der Waals surface area contributed by atoms with E-state index in [0.717, 1.165) is 61.7 Å². The predicted octanol–water partition coefficient (Wildman–Crippen LogP) is 6.96. The molecule has 3 atom stereocenters. The molecule has 9 heteroatoms. The maximum atomic E-state index is 13.2. The molecule has 1 fully saturated rings. The fourth-order valence-electron chi connectivity index (χ4n) is 6.07. The third-order valence-electron chi connectivity index (χ3n) is 8.84. The van der Waals surface area contributed by atoms with Crippen molar-refractivity contribution in [1.29, 1.82) is 0 Å². The second kappa shape index (κ2) is 14.8. The summed E-state index contributed by atoms with van der Waals surface area (Å²) in [5.74, 6) is 1.87. The Labute approximate surface area is 260 Å². The number of aryl methyl sites for hydroxylation is 1. The van der Waals surface area contributed by atoms with Gasteiger partial charge >= 0.3 is 5.97 Å². The number of esters is 1. The first-order valence-corrected chi connectivity index (χ1v) is 17.8. The monoisotopic (exact) mass is 614 g/mol. The molecular formula is C33H50N4O3S2. The smallest absolute Gasteiger partial charge is 0.306 e. The van der Waals surface area contributed by atoms with Crippen molar-refractivity contribution in [3.8, 4) is 0 Å². The first-order valence-electron chi connectivity index (χ1n) is 15.7. The summed E-state index contributed by atoms with van der Waals surface area (Å²) in [5, 5.41) is 0.870. The molecule has 42 heavy (non-hydrogen) atoms. The number of piperidine rings is 1. The molecule has 1 aliphatic carbocycles. The van der Waals surface area contributed by atoms with Crippen molar-refractivity contribution in [2.24, 2.45) is 11.3 Å². The largest absolute Gasteiger partial charge is 0.598 e. The summed E-state index contributed by atoms with van der Waals surface area (Å²) in [5.41, 5.74) is 3.61. The SMILES string of the molecule is CCCC[C@@H](CC)COC(=O)CCSc1ncc(N2CCC3(CC2)Cc2ccccc2[C@H]3N[S+]([O-])C(C)(C)C)nc1C. The number of hydrogen-bond donors (Lipinski definition) is 1. The zero-order valence-corrected chi connectivity index (χ0v) is 28.0. The van der Waals surface area contributed by atoms with E-state index in [0.29, 0.717) is 24.7 Å². The van der Waals surface area contributed by atoms with Crippen molar-refractivity contribution in [2.75, 3.05) is 30.3 Å². The summed E-state index contributed by atoms with van der Waals surface area (Å²) in [6.45, 7) is 14.7. The van der Waals surface area contributed by atoms with Crippen LogP contribution >= 0.6 is 11.8 Å². The van der Waals surface area contributed by atoms with Crippen molar-refractivity contribution in [2.45, 2.75) is 109 Å². The molecule has 1 N–H and O–H groups in total. The van der Waals surface area contributed by atoms with Crippen LogP contribution in [0.1, 0.15) is 102 Å². The van der Waals surface area contributed by atoms with E-state index in [-0.39, 0.29) is 22.2 Å². The van der Waals surface area contributed by atoms with E-state index in [2.05, 4.69) is 47.7 Å². The first kappa shape index (κ1) is 33.1. The maximum Gasteiger partial charge on any atom is 0.306 e. The third-order valence-corrected chi connectivity index (χ3v) is 11.5. The van der Waals surface area contributed by atoms with Crippen LogP contribution < -0.4 is 9.62 Å². The number of carbonyl (C=O) groups is 1. The quantitative estimate of drug-likeness (QED) is 0.147. The number of nitrogens with one attached hydrogen (secondary N) is 1. The number of benzene rings is 1. The summed E-state index contributed by atoms with van der Waals surface area (Å²) in [6.07, 6.45) is 9.78. The van der Waals surface area contributed by atoms with Gasteiger partial charge in [-0.15, -0.1) is 16.5 Å². The fourth-order valence-corrected chi connectivity index (χ4v) is 7.86. The minimum Gasteiger partial charge on any atom is -0.598 e. The van der Waals surface area contributed by atoms with E-state index >= 15 is 0 Å². The van der Waals surface area contributed by atoms with Crippen molar-refractivity contribution < 1.29 is 14.1 Å². The standard InChI is InChI=1S/C33H50N4O3S2/c1-7-9-12-25(8-2)23-40-29(38)15-20-41-31-24(3)35-28(22-34-31)37-18-16-33(17-19-37)21-26-13-10-11-14-27(26)30(33)36-42(39)32(4,5)6/h10-11,13-14,22,25,30,36H,7-9,12,15-21,23H2,1-6H3/t25-,30-,42?/m1/s1. The molecule has 1 spiro atoms. The molecule has 1 saturated heterocycles. The van der Waals surface area contributed by atoms with Gasteiger partial charge in [0.05, 0.1) is 31.0 Å². The van der Waals surface area contributed by atoms with Gasteiger partial charge in [0.1, 0.15) is 15.6 Å². The van der Waals surface area contributed by atoms with E-state index in [1.807, 2.05) is 33.9 Å². The fraction of sp³-hybridized carbons (Fsp3) is 0.667. The lowest BCUT2D eigenvalue weighted by molar-refractivity contribution is -0.144. The van der Waals surface area contributed by atoms with Crippen LogP contribution in [0.2, 0.25) is 0 Å². The highest BCUT2D eigenvalue weighted by atomic mass is 32.2. The summed E-state index contributed by atoms with van der Waals surface area (Å²) < 4.78 is 21.9. The van der Waals surface area contributed by atoms with Crippen LogP contribution in [-0.4, -0.2) is 50.7 Å². The lowest BCUT2D eigenvalue weighted by atomic mass is 9.73. The summed E-state index contributed by atoms with van der Waals surface area (Å²) in [6, 6.07) is 8.72. The lowest BCUT2D eigenvalue weighted by Crippen LogP contribution is -2.49. The van der Waals surface area contributed by atoms with Crippen LogP contribution in [0.25, 0.3) is 0 Å². The van der Waals surface area contributed by atoms with Crippen molar-refractivity contribution >= 4 is 34.9 Å². The highest BCUT2D eigenvalue weighted by Gasteiger charge is 2.50. The number of thioether (sulfide) groups is 1. The van der Waals surface area contributed by atoms with Crippen LogP contribution in [0.15, 0.2) is 35.5 Å². The number of hydrogen-bond acceptors (Lipinski definition) is 8. The van der Waals surface area contributed by atoms with Crippen LogP contribution in [-0.2, 0) is 27.3 Å². The molecule has 0 amide bonds. The molecule has 0 bridgehead atoms.